The minimum Gasteiger partial charge on any atom is -0.452 e. The molecule has 0 radical (unpaired) electrons. The summed E-state index contributed by atoms with van der Waals surface area (Å²) in [6.07, 6.45) is 0.226. The number of carbonyl (C=O) groups excluding carboxylic acids is 1. The fourth-order valence-electron chi connectivity index (χ4n) is 3.53. The van der Waals surface area contributed by atoms with Gasteiger partial charge in [0.2, 0.25) is 15.9 Å². The molecule has 0 bridgehead atoms. The fraction of sp³-hybridized carbons (Fsp3) is 0.318. The zero-order chi connectivity index (χ0) is 22.7. The van der Waals surface area contributed by atoms with Gasteiger partial charge < -0.3 is 9.15 Å². The lowest BCUT2D eigenvalue weighted by Crippen LogP contribution is -2.42. The van der Waals surface area contributed by atoms with Gasteiger partial charge in [-0.3, -0.25) is 4.79 Å². The van der Waals surface area contributed by atoms with Gasteiger partial charge in [0.25, 0.3) is 5.89 Å². The van der Waals surface area contributed by atoms with Gasteiger partial charge >= 0.3 is 5.97 Å². The lowest BCUT2D eigenvalue weighted by molar-refractivity contribution is -0.156. The molecule has 0 spiro atoms. The number of aromatic nitrogens is 2. The van der Waals surface area contributed by atoms with Crippen molar-refractivity contribution in [3.63, 3.8) is 0 Å². The number of esters is 1. The number of piperidine rings is 1. The van der Waals surface area contributed by atoms with Crippen LogP contribution in [-0.2, 0) is 19.6 Å². The van der Waals surface area contributed by atoms with Crippen molar-refractivity contribution in [2.75, 3.05) is 13.1 Å². The topological polar surface area (TPSA) is 103 Å². The van der Waals surface area contributed by atoms with E-state index < -0.39 is 33.8 Å². The van der Waals surface area contributed by atoms with Gasteiger partial charge in [0.15, 0.2) is 6.10 Å². The molecule has 1 fully saturated rings. The third kappa shape index (κ3) is 4.71. The summed E-state index contributed by atoms with van der Waals surface area (Å²) in [5, 5.41) is 7.95. The molecule has 1 aromatic heterocycles. The smallest absolute Gasteiger partial charge is 0.311 e. The maximum Gasteiger partial charge on any atom is 0.311 e. The standard InChI is InChI=1S/C22H22FN3O5S/c1-15(20-24-25-21(31-20)16-6-3-2-4-7-16)30-22(27)17-8-5-13-26(14-17)32(28,29)19-11-9-18(23)10-12-19/h2-4,6-7,9-12,15,17H,5,8,13-14H2,1H3. The SMILES string of the molecule is CC(OC(=O)C1CCCN(S(=O)(=O)c2ccc(F)cc2)C1)c1nnc(-c2ccccc2)o1. The van der Waals surface area contributed by atoms with E-state index in [0.29, 0.717) is 18.7 Å². The van der Waals surface area contributed by atoms with Crippen molar-refractivity contribution < 1.29 is 26.8 Å². The van der Waals surface area contributed by atoms with Gasteiger partial charge in [-0.15, -0.1) is 10.2 Å². The zero-order valence-electron chi connectivity index (χ0n) is 17.3. The van der Waals surface area contributed by atoms with Crippen LogP contribution in [-0.4, -0.2) is 42.0 Å². The van der Waals surface area contributed by atoms with Crippen molar-refractivity contribution in [2.45, 2.75) is 30.8 Å². The molecule has 2 aromatic carbocycles. The molecular formula is C22H22FN3O5S. The minimum atomic E-state index is -3.84. The number of rotatable bonds is 6. The predicted octanol–water partition coefficient (Wildman–Crippen LogP) is 3.58. The summed E-state index contributed by atoms with van der Waals surface area (Å²) in [5.74, 6) is -1.20. The number of nitrogens with zero attached hydrogens (tertiary/aromatic N) is 3. The highest BCUT2D eigenvalue weighted by Gasteiger charge is 2.35. The van der Waals surface area contributed by atoms with Gasteiger partial charge in [0.05, 0.1) is 10.8 Å². The summed E-state index contributed by atoms with van der Waals surface area (Å²) in [7, 11) is -3.84. The molecule has 1 saturated heterocycles. The van der Waals surface area contributed by atoms with Gasteiger partial charge in [0.1, 0.15) is 5.82 Å². The number of halogens is 1. The van der Waals surface area contributed by atoms with E-state index in [-0.39, 0.29) is 23.9 Å². The first-order valence-electron chi connectivity index (χ1n) is 10.2. The number of hydrogen-bond donors (Lipinski definition) is 0. The van der Waals surface area contributed by atoms with Crippen LogP contribution in [0.2, 0.25) is 0 Å². The molecule has 2 atom stereocenters. The van der Waals surface area contributed by atoms with E-state index in [1.807, 2.05) is 30.3 Å². The molecule has 1 aliphatic heterocycles. The molecule has 0 amide bonds. The van der Waals surface area contributed by atoms with Crippen LogP contribution in [0.1, 0.15) is 31.8 Å². The average Bonchev–Trinajstić information content (AvgIpc) is 3.31. The third-order valence-electron chi connectivity index (χ3n) is 5.27. The molecule has 8 nitrogen and oxygen atoms in total. The fourth-order valence-corrected chi connectivity index (χ4v) is 5.05. The van der Waals surface area contributed by atoms with Crippen molar-refractivity contribution in [3.8, 4) is 11.5 Å². The molecular weight excluding hydrogens is 437 g/mol. The Morgan fingerprint density at radius 2 is 1.88 bits per heavy atom. The molecule has 1 aliphatic rings. The predicted molar refractivity (Wildman–Crippen MR) is 112 cm³/mol. The van der Waals surface area contributed by atoms with Crippen molar-refractivity contribution in [1.29, 1.82) is 0 Å². The summed E-state index contributed by atoms with van der Waals surface area (Å²) in [6.45, 7) is 1.89. The van der Waals surface area contributed by atoms with E-state index in [0.717, 1.165) is 17.7 Å². The number of sulfonamides is 1. The quantitative estimate of drug-likeness (QED) is 0.519. The van der Waals surface area contributed by atoms with E-state index in [1.54, 1.807) is 6.92 Å². The zero-order valence-corrected chi connectivity index (χ0v) is 18.2. The second-order valence-corrected chi connectivity index (χ2v) is 9.48. The van der Waals surface area contributed by atoms with E-state index >= 15 is 0 Å². The van der Waals surface area contributed by atoms with E-state index in [9.17, 15) is 17.6 Å². The largest absolute Gasteiger partial charge is 0.452 e. The highest BCUT2D eigenvalue weighted by atomic mass is 32.2. The number of hydrogen-bond acceptors (Lipinski definition) is 7. The van der Waals surface area contributed by atoms with Crippen LogP contribution in [0.25, 0.3) is 11.5 Å². The van der Waals surface area contributed by atoms with Gasteiger partial charge in [-0.1, -0.05) is 18.2 Å². The second kappa shape index (κ2) is 9.17. The summed E-state index contributed by atoms with van der Waals surface area (Å²) >= 11 is 0. The Morgan fingerprint density at radius 3 is 2.59 bits per heavy atom. The van der Waals surface area contributed by atoms with Crippen molar-refractivity contribution in [3.05, 3.63) is 66.3 Å². The number of benzene rings is 2. The highest BCUT2D eigenvalue weighted by molar-refractivity contribution is 7.89. The lowest BCUT2D eigenvalue weighted by Gasteiger charge is -2.31. The molecule has 0 N–H and O–H groups in total. The molecule has 0 saturated carbocycles. The molecule has 168 valence electrons. The summed E-state index contributed by atoms with van der Waals surface area (Å²) in [5.41, 5.74) is 0.749. The highest BCUT2D eigenvalue weighted by Crippen LogP contribution is 2.27. The Morgan fingerprint density at radius 1 is 1.16 bits per heavy atom. The van der Waals surface area contributed by atoms with Crippen LogP contribution in [0.5, 0.6) is 0 Å². The minimum absolute atomic E-state index is 0.00956. The van der Waals surface area contributed by atoms with Crippen molar-refractivity contribution in [2.24, 2.45) is 5.92 Å². The first-order chi connectivity index (χ1) is 15.3. The Labute approximate surface area is 185 Å². The Kier molecular flexibility index (Phi) is 6.33. The summed E-state index contributed by atoms with van der Waals surface area (Å²) in [6, 6.07) is 13.8. The van der Waals surface area contributed by atoms with Gasteiger partial charge in [-0.2, -0.15) is 4.31 Å². The third-order valence-corrected chi connectivity index (χ3v) is 7.15. The van der Waals surface area contributed by atoms with Crippen LogP contribution in [0, 0.1) is 11.7 Å². The van der Waals surface area contributed by atoms with Gasteiger partial charge in [-0.05, 0) is 56.2 Å². The van der Waals surface area contributed by atoms with Crippen LogP contribution in [0.3, 0.4) is 0 Å². The van der Waals surface area contributed by atoms with Crippen LogP contribution in [0.4, 0.5) is 4.39 Å². The number of carbonyl (C=O) groups is 1. The molecule has 10 heteroatoms. The molecule has 32 heavy (non-hydrogen) atoms. The van der Waals surface area contributed by atoms with Crippen LogP contribution in [0.15, 0.2) is 63.9 Å². The van der Waals surface area contributed by atoms with Crippen molar-refractivity contribution >= 4 is 16.0 Å². The molecule has 3 aromatic rings. The van der Waals surface area contributed by atoms with Crippen molar-refractivity contribution in [1.82, 2.24) is 14.5 Å². The van der Waals surface area contributed by atoms with Crippen LogP contribution < -0.4 is 0 Å². The average molecular weight is 459 g/mol. The maximum absolute atomic E-state index is 13.2. The maximum atomic E-state index is 13.2. The number of ether oxygens (including phenoxy) is 1. The van der Waals surface area contributed by atoms with E-state index in [2.05, 4.69) is 10.2 Å². The Hall–Kier alpha value is -3.11. The molecule has 4 rings (SSSR count). The first-order valence-corrected chi connectivity index (χ1v) is 11.6. The Balaban J connectivity index is 1.41. The molecule has 2 unspecified atom stereocenters. The van der Waals surface area contributed by atoms with E-state index in [1.165, 1.54) is 16.4 Å². The summed E-state index contributed by atoms with van der Waals surface area (Å²) in [4.78, 5) is 12.7. The monoisotopic (exact) mass is 459 g/mol. The normalized spacial score (nSPS) is 18.2. The lowest BCUT2D eigenvalue weighted by atomic mass is 10.00. The van der Waals surface area contributed by atoms with E-state index in [4.69, 9.17) is 9.15 Å². The first kappa shape index (κ1) is 22.1. The molecule has 2 heterocycles. The van der Waals surface area contributed by atoms with Crippen LogP contribution >= 0.6 is 0 Å². The summed E-state index contributed by atoms with van der Waals surface area (Å²) < 4.78 is 51.3. The molecule has 0 aliphatic carbocycles. The Bertz CT molecular complexity index is 1180. The second-order valence-electron chi connectivity index (χ2n) is 7.55. The van der Waals surface area contributed by atoms with Gasteiger partial charge in [0, 0.05) is 18.7 Å². The van der Waals surface area contributed by atoms with Gasteiger partial charge in [-0.25, -0.2) is 12.8 Å².